The summed E-state index contributed by atoms with van der Waals surface area (Å²) in [5.74, 6) is -0.703. The third-order valence-electron chi connectivity index (χ3n) is 4.55. The smallest absolute Gasteiger partial charge is 0.229 e. The number of nitrogens with one attached hydrogen (secondary N) is 1. The highest BCUT2D eigenvalue weighted by Gasteiger charge is 2.36. The minimum absolute atomic E-state index is 0.0823. The van der Waals surface area contributed by atoms with Gasteiger partial charge in [-0.2, -0.15) is 0 Å². The van der Waals surface area contributed by atoms with Crippen LogP contribution in [0.5, 0.6) is 0 Å². The fourth-order valence-electron chi connectivity index (χ4n) is 3.02. The van der Waals surface area contributed by atoms with E-state index in [0.29, 0.717) is 22.3 Å². The van der Waals surface area contributed by atoms with Gasteiger partial charge < -0.3 is 10.2 Å². The Balaban J connectivity index is 1.77. The van der Waals surface area contributed by atoms with Crippen molar-refractivity contribution < 1.29 is 9.59 Å². The molecule has 4 nitrogen and oxygen atoms in total. The monoisotopic (exact) mass is 454 g/mol. The number of halogens is 3. The van der Waals surface area contributed by atoms with E-state index in [9.17, 15) is 9.59 Å². The predicted octanol–water partition coefficient (Wildman–Crippen LogP) is 5.36. The van der Waals surface area contributed by atoms with Crippen LogP contribution in [0.4, 0.5) is 11.4 Å². The third-order valence-corrected chi connectivity index (χ3v) is 6.16. The molecule has 0 saturated carbocycles. The van der Waals surface area contributed by atoms with Gasteiger partial charge >= 0.3 is 0 Å². The molecular formula is C19H17BrCl2N2O2. The molecule has 1 aliphatic rings. The summed E-state index contributed by atoms with van der Waals surface area (Å²) in [7, 11) is 0. The minimum atomic E-state index is -0.428. The zero-order chi connectivity index (χ0) is 19.0. The quantitative estimate of drug-likeness (QED) is 0.676. The number of aryl methyl sites for hydroxylation is 1. The Morgan fingerprint density at radius 2 is 1.96 bits per heavy atom. The minimum Gasteiger partial charge on any atom is -0.325 e. The summed E-state index contributed by atoms with van der Waals surface area (Å²) in [4.78, 5) is 26.7. The summed E-state index contributed by atoms with van der Waals surface area (Å²) >= 11 is 15.6. The van der Waals surface area contributed by atoms with Crippen LogP contribution >= 0.6 is 39.1 Å². The second kappa shape index (κ2) is 7.59. The maximum atomic E-state index is 12.7. The Morgan fingerprint density at radius 3 is 2.69 bits per heavy atom. The van der Waals surface area contributed by atoms with Gasteiger partial charge in [0.05, 0.1) is 10.9 Å². The highest BCUT2D eigenvalue weighted by Crippen LogP contribution is 2.33. The van der Waals surface area contributed by atoms with Gasteiger partial charge in [-0.1, -0.05) is 29.3 Å². The first-order chi connectivity index (χ1) is 12.3. The van der Waals surface area contributed by atoms with Crippen molar-refractivity contribution in [3.63, 3.8) is 0 Å². The first-order valence-electron chi connectivity index (χ1n) is 8.10. The van der Waals surface area contributed by atoms with Crippen LogP contribution in [0, 0.1) is 19.8 Å². The lowest BCUT2D eigenvalue weighted by Gasteiger charge is -2.20. The fraction of sp³-hybridized carbons (Fsp3) is 0.263. The molecule has 2 amide bonds. The largest absolute Gasteiger partial charge is 0.325 e. The van der Waals surface area contributed by atoms with Crippen LogP contribution in [0.1, 0.15) is 17.5 Å². The zero-order valence-corrected chi connectivity index (χ0v) is 17.4. The molecule has 7 heteroatoms. The second-order valence-corrected chi connectivity index (χ2v) is 8.03. The molecule has 0 aromatic heterocycles. The summed E-state index contributed by atoms with van der Waals surface area (Å²) in [6, 6.07) is 8.98. The van der Waals surface area contributed by atoms with Crippen LogP contribution < -0.4 is 10.2 Å². The molecule has 0 spiro atoms. The van der Waals surface area contributed by atoms with E-state index in [-0.39, 0.29) is 18.2 Å². The molecule has 1 aliphatic heterocycles. The summed E-state index contributed by atoms with van der Waals surface area (Å²) in [5.41, 5.74) is 3.12. The van der Waals surface area contributed by atoms with E-state index >= 15 is 0 Å². The second-order valence-electron chi connectivity index (χ2n) is 6.36. The summed E-state index contributed by atoms with van der Waals surface area (Å²) in [6.07, 6.45) is 0.168. The van der Waals surface area contributed by atoms with E-state index in [1.54, 1.807) is 23.1 Å². The van der Waals surface area contributed by atoms with Crippen LogP contribution in [-0.2, 0) is 9.59 Å². The average molecular weight is 456 g/mol. The summed E-state index contributed by atoms with van der Waals surface area (Å²) in [5, 5.41) is 4.01. The molecule has 2 aromatic rings. The van der Waals surface area contributed by atoms with Crippen molar-refractivity contribution in [2.24, 2.45) is 5.92 Å². The molecule has 1 heterocycles. The van der Waals surface area contributed by atoms with E-state index in [1.165, 1.54) is 0 Å². The van der Waals surface area contributed by atoms with Crippen LogP contribution in [0.25, 0.3) is 0 Å². The van der Waals surface area contributed by atoms with Gasteiger partial charge in [-0.15, -0.1) is 0 Å². The molecule has 26 heavy (non-hydrogen) atoms. The standard InChI is InChI=1S/C19H17BrCl2N2O2/c1-10-6-13(20)15(22)8-16(10)23-19(26)12-7-18(25)24(9-12)17-5-3-4-14(21)11(17)2/h3-6,8,12H,7,9H2,1-2H3,(H,23,26)/t12-/m0/s1. The van der Waals surface area contributed by atoms with Crippen molar-refractivity contribution in [2.45, 2.75) is 20.3 Å². The molecule has 1 saturated heterocycles. The van der Waals surface area contributed by atoms with E-state index in [1.807, 2.05) is 26.0 Å². The van der Waals surface area contributed by atoms with Gasteiger partial charge in [0, 0.05) is 33.8 Å². The molecule has 136 valence electrons. The van der Waals surface area contributed by atoms with Gasteiger partial charge in [0.1, 0.15) is 0 Å². The Bertz CT molecular complexity index is 901. The first-order valence-corrected chi connectivity index (χ1v) is 9.65. The molecule has 0 bridgehead atoms. The molecule has 1 atom stereocenters. The molecule has 3 rings (SSSR count). The lowest BCUT2D eigenvalue weighted by molar-refractivity contribution is -0.122. The predicted molar refractivity (Wildman–Crippen MR) is 109 cm³/mol. The number of nitrogens with zero attached hydrogens (tertiary/aromatic N) is 1. The van der Waals surface area contributed by atoms with Gasteiger partial charge in [0.2, 0.25) is 11.8 Å². The van der Waals surface area contributed by atoms with E-state index in [4.69, 9.17) is 23.2 Å². The van der Waals surface area contributed by atoms with Gasteiger partial charge in [-0.05, 0) is 65.2 Å². The van der Waals surface area contributed by atoms with Crippen LogP contribution in [-0.4, -0.2) is 18.4 Å². The number of benzene rings is 2. The molecule has 0 aliphatic carbocycles. The summed E-state index contributed by atoms with van der Waals surface area (Å²) in [6.45, 7) is 4.08. The number of anilines is 2. The lowest BCUT2D eigenvalue weighted by Crippen LogP contribution is -2.28. The maximum absolute atomic E-state index is 12.7. The highest BCUT2D eigenvalue weighted by molar-refractivity contribution is 9.10. The van der Waals surface area contributed by atoms with Crippen molar-refractivity contribution in [1.29, 1.82) is 0 Å². The first kappa shape index (κ1) is 19.2. The Morgan fingerprint density at radius 1 is 1.23 bits per heavy atom. The number of carbonyl (C=O) groups is 2. The number of hydrogen-bond acceptors (Lipinski definition) is 2. The van der Waals surface area contributed by atoms with Crippen LogP contribution in [0.15, 0.2) is 34.8 Å². The van der Waals surface area contributed by atoms with E-state index in [2.05, 4.69) is 21.2 Å². The highest BCUT2D eigenvalue weighted by atomic mass is 79.9. The van der Waals surface area contributed by atoms with Gasteiger partial charge in [0.25, 0.3) is 0 Å². The SMILES string of the molecule is Cc1cc(Br)c(Cl)cc1NC(=O)[C@H]1CC(=O)N(c2cccc(Cl)c2C)C1. The third kappa shape index (κ3) is 3.75. The van der Waals surface area contributed by atoms with Crippen LogP contribution in [0.2, 0.25) is 10.0 Å². The Kier molecular flexibility index (Phi) is 5.61. The van der Waals surface area contributed by atoms with E-state index in [0.717, 1.165) is 21.3 Å². The Labute approximate surface area is 170 Å². The number of hydrogen-bond donors (Lipinski definition) is 1. The number of amides is 2. The van der Waals surface area contributed by atoms with Crippen LogP contribution in [0.3, 0.4) is 0 Å². The number of carbonyl (C=O) groups excluding carboxylic acids is 2. The van der Waals surface area contributed by atoms with Crippen molar-refractivity contribution >= 4 is 62.3 Å². The van der Waals surface area contributed by atoms with Crippen molar-refractivity contribution in [2.75, 3.05) is 16.8 Å². The van der Waals surface area contributed by atoms with Gasteiger partial charge in [-0.3, -0.25) is 9.59 Å². The van der Waals surface area contributed by atoms with Gasteiger partial charge in [0.15, 0.2) is 0 Å². The molecule has 0 radical (unpaired) electrons. The molecule has 0 unspecified atom stereocenters. The molecule has 1 fully saturated rings. The topological polar surface area (TPSA) is 49.4 Å². The Hall–Kier alpha value is -1.56. The van der Waals surface area contributed by atoms with E-state index < -0.39 is 5.92 Å². The lowest BCUT2D eigenvalue weighted by atomic mass is 10.1. The molecular weight excluding hydrogens is 439 g/mol. The fourth-order valence-corrected chi connectivity index (χ4v) is 3.81. The maximum Gasteiger partial charge on any atom is 0.229 e. The zero-order valence-electron chi connectivity index (χ0n) is 14.3. The summed E-state index contributed by atoms with van der Waals surface area (Å²) < 4.78 is 0.772. The van der Waals surface area contributed by atoms with Crippen molar-refractivity contribution in [3.05, 3.63) is 56.0 Å². The molecule has 2 aromatic carbocycles. The number of rotatable bonds is 3. The molecule has 1 N–H and O–H groups in total. The normalized spacial score (nSPS) is 16.9. The van der Waals surface area contributed by atoms with Crippen molar-refractivity contribution in [3.8, 4) is 0 Å². The van der Waals surface area contributed by atoms with Gasteiger partial charge in [-0.25, -0.2) is 0 Å². The van der Waals surface area contributed by atoms with Crippen molar-refractivity contribution in [1.82, 2.24) is 0 Å². The average Bonchev–Trinajstić information content (AvgIpc) is 2.97.